The van der Waals surface area contributed by atoms with Gasteiger partial charge in [0.1, 0.15) is 11.5 Å². The number of rotatable bonds is 7. The van der Waals surface area contributed by atoms with E-state index in [2.05, 4.69) is 30.9 Å². The molecule has 0 aliphatic heterocycles. The van der Waals surface area contributed by atoms with Crippen LogP contribution in [0.3, 0.4) is 0 Å². The summed E-state index contributed by atoms with van der Waals surface area (Å²) < 4.78 is 11.1. The molecule has 0 saturated heterocycles. The number of hydrogen-bond acceptors (Lipinski definition) is 5. The van der Waals surface area contributed by atoms with Crippen LogP contribution < -0.4 is 14.4 Å². The van der Waals surface area contributed by atoms with E-state index in [4.69, 9.17) is 26.1 Å². The highest BCUT2D eigenvalue weighted by molar-refractivity contribution is 7.16. The smallest absolute Gasteiger partial charge is 0.190 e. The first-order valence-electron chi connectivity index (χ1n) is 10.8. The number of methoxy groups -OCH3 is 2. The monoisotopic (exact) mass is 492 g/mol. The quantitative estimate of drug-likeness (QED) is 0.339. The van der Waals surface area contributed by atoms with Crippen LogP contribution in [-0.4, -0.2) is 25.7 Å². The van der Waals surface area contributed by atoms with Gasteiger partial charge in [-0.05, 0) is 80.5 Å². The van der Waals surface area contributed by atoms with Crippen molar-refractivity contribution in [3.63, 3.8) is 0 Å². The minimum absolute atomic E-state index is 0. The predicted molar refractivity (Wildman–Crippen MR) is 138 cm³/mol. The molecule has 0 fully saturated rings. The van der Waals surface area contributed by atoms with Gasteiger partial charge in [0.25, 0.3) is 0 Å². The topological polar surface area (TPSA) is 34.6 Å². The number of anilines is 2. The molecule has 0 N–H and O–H groups in total. The molecule has 0 bridgehead atoms. The summed E-state index contributed by atoms with van der Waals surface area (Å²) in [6.45, 7) is 5.17. The summed E-state index contributed by atoms with van der Waals surface area (Å²) in [6, 6.07) is 10.3. The average molecular weight is 494 g/mol. The van der Waals surface area contributed by atoms with Gasteiger partial charge in [-0.15, -0.1) is 23.7 Å². The highest BCUT2D eigenvalue weighted by Crippen LogP contribution is 2.43. The van der Waals surface area contributed by atoms with E-state index in [1.165, 1.54) is 24.0 Å². The first kappa shape index (κ1) is 24.7. The van der Waals surface area contributed by atoms with Crippen LogP contribution in [0.1, 0.15) is 42.2 Å². The fourth-order valence-corrected chi connectivity index (χ4v) is 5.45. The maximum absolute atomic E-state index is 6.56. The van der Waals surface area contributed by atoms with Gasteiger partial charge in [-0.2, -0.15) is 0 Å². The Morgan fingerprint density at radius 1 is 1.06 bits per heavy atom. The third kappa shape index (κ3) is 4.85. The number of aryl methyl sites for hydroxylation is 3. The second kappa shape index (κ2) is 10.8. The molecule has 1 aliphatic rings. The Bertz CT molecular complexity index is 1080. The Hall–Kier alpha value is -1.95. The second-order valence-corrected chi connectivity index (χ2v) is 9.49. The zero-order valence-corrected chi connectivity index (χ0v) is 21.4. The summed E-state index contributed by atoms with van der Waals surface area (Å²) in [5, 5.41) is 1.61. The number of thiazole rings is 1. The molecule has 1 aromatic heterocycles. The van der Waals surface area contributed by atoms with Crippen LogP contribution in [0.2, 0.25) is 5.02 Å². The van der Waals surface area contributed by atoms with Crippen molar-refractivity contribution in [2.75, 3.05) is 25.7 Å². The molecule has 1 aliphatic carbocycles. The van der Waals surface area contributed by atoms with Gasteiger partial charge in [-0.3, -0.25) is 0 Å². The number of fused-ring (bicyclic) bond motifs is 1. The Kier molecular flexibility index (Phi) is 8.32. The van der Waals surface area contributed by atoms with E-state index in [1.807, 2.05) is 18.2 Å². The van der Waals surface area contributed by atoms with Crippen molar-refractivity contribution < 1.29 is 9.47 Å². The van der Waals surface area contributed by atoms with Crippen LogP contribution in [-0.2, 0) is 12.8 Å². The first-order valence-corrected chi connectivity index (χ1v) is 12.0. The van der Waals surface area contributed by atoms with Gasteiger partial charge in [0.2, 0.25) is 0 Å². The highest BCUT2D eigenvalue weighted by Gasteiger charge is 2.23. The minimum atomic E-state index is 0. The molecule has 2 aromatic carbocycles. The Labute approximate surface area is 205 Å². The summed E-state index contributed by atoms with van der Waals surface area (Å²) in [5.74, 6) is 1.67. The molecular formula is C25H30Cl2N2O2S. The lowest BCUT2D eigenvalue weighted by molar-refractivity contribution is 0.414. The number of benzene rings is 2. The van der Waals surface area contributed by atoms with Crippen molar-refractivity contribution in [2.24, 2.45) is 0 Å². The van der Waals surface area contributed by atoms with Crippen molar-refractivity contribution >= 4 is 46.2 Å². The molecule has 0 unspecified atom stereocenters. The lowest BCUT2D eigenvalue weighted by atomic mass is 9.91. The zero-order chi connectivity index (χ0) is 22.0. The molecule has 7 heteroatoms. The minimum Gasteiger partial charge on any atom is -0.497 e. The second-order valence-electron chi connectivity index (χ2n) is 7.90. The van der Waals surface area contributed by atoms with Crippen molar-refractivity contribution in [1.82, 2.24) is 4.98 Å². The molecule has 4 rings (SSSR count). The van der Waals surface area contributed by atoms with Gasteiger partial charge >= 0.3 is 0 Å². The summed E-state index contributed by atoms with van der Waals surface area (Å²) in [6.07, 6.45) is 5.79. The third-order valence-electron chi connectivity index (χ3n) is 5.83. The maximum Gasteiger partial charge on any atom is 0.190 e. The SMILES string of the molecule is CCCN(c1nc(-c2ccc(OC)cc2Cl)c(C)s1)c1cc2c(cc1OC)CCCC2.Cl. The van der Waals surface area contributed by atoms with Crippen LogP contribution in [0.4, 0.5) is 10.8 Å². The van der Waals surface area contributed by atoms with E-state index in [0.717, 1.165) is 64.3 Å². The maximum atomic E-state index is 6.56. The molecule has 0 amide bonds. The fraction of sp³-hybridized carbons (Fsp3) is 0.400. The Balaban J connectivity index is 0.00000289. The molecule has 0 saturated carbocycles. The standard InChI is InChI=1S/C25H29ClN2O2S.ClH/c1-5-12-28(22-13-17-8-6-7-9-18(17)14-23(22)30-4)25-27-24(16(2)31-25)20-11-10-19(29-3)15-21(20)26;/h10-11,13-15H,5-9,12H2,1-4H3;1H. The molecule has 1 heterocycles. The fourth-order valence-electron chi connectivity index (χ4n) is 4.23. The van der Waals surface area contributed by atoms with E-state index in [-0.39, 0.29) is 12.4 Å². The lowest BCUT2D eigenvalue weighted by Gasteiger charge is -2.26. The predicted octanol–water partition coefficient (Wildman–Crippen LogP) is 7.64. The van der Waals surface area contributed by atoms with Gasteiger partial charge in [0.15, 0.2) is 5.13 Å². The molecule has 3 aromatic rings. The van der Waals surface area contributed by atoms with Crippen LogP contribution in [0, 0.1) is 6.92 Å². The van der Waals surface area contributed by atoms with E-state index in [1.54, 1.807) is 25.6 Å². The average Bonchev–Trinajstić information content (AvgIpc) is 3.17. The summed E-state index contributed by atoms with van der Waals surface area (Å²) >= 11 is 8.26. The van der Waals surface area contributed by atoms with Crippen LogP contribution in [0.15, 0.2) is 30.3 Å². The number of ether oxygens (including phenoxy) is 2. The summed E-state index contributed by atoms with van der Waals surface area (Å²) in [4.78, 5) is 8.48. The van der Waals surface area contributed by atoms with Crippen molar-refractivity contribution in [3.05, 3.63) is 51.4 Å². The molecule has 172 valence electrons. The number of nitrogens with zero attached hydrogens (tertiary/aromatic N) is 2. The number of aromatic nitrogens is 1. The Morgan fingerprint density at radius 2 is 1.78 bits per heavy atom. The van der Waals surface area contributed by atoms with E-state index in [9.17, 15) is 0 Å². The van der Waals surface area contributed by atoms with Crippen molar-refractivity contribution in [2.45, 2.75) is 46.0 Å². The first-order chi connectivity index (χ1) is 15.0. The van der Waals surface area contributed by atoms with Crippen molar-refractivity contribution in [3.8, 4) is 22.8 Å². The zero-order valence-electron chi connectivity index (χ0n) is 19.0. The molecular weight excluding hydrogens is 463 g/mol. The largest absolute Gasteiger partial charge is 0.497 e. The highest BCUT2D eigenvalue weighted by atomic mass is 35.5. The van der Waals surface area contributed by atoms with Crippen LogP contribution in [0.5, 0.6) is 11.5 Å². The van der Waals surface area contributed by atoms with Crippen LogP contribution >= 0.6 is 35.3 Å². The summed E-state index contributed by atoms with van der Waals surface area (Å²) in [5.41, 5.74) is 5.81. The van der Waals surface area contributed by atoms with Gasteiger partial charge in [-0.25, -0.2) is 4.98 Å². The molecule has 0 atom stereocenters. The molecule has 0 radical (unpaired) electrons. The molecule has 0 spiro atoms. The van der Waals surface area contributed by atoms with E-state index < -0.39 is 0 Å². The Morgan fingerprint density at radius 3 is 2.41 bits per heavy atom. The van der Waals surface area contributed by atoms with Crippen molar-refractivity contribution in [1.29, 1.82) is 0 Å². The van der Waals surface area contributed by atoms with E-state index >= 15 is 0 Å². The third-order valence-corrected chi connectivity index (χ3v) is 7.14. The normalized spacial score (nSPS) is 12.7. The van der Waals surface area contributed by atoms with Gasteiger partial charge in [-0.1, -0.05) is 18.5 Å². The molecule has 32 heavy (non-hydrogen) atoms. The van der Waals surface area contributed by atoms with E-state index in [0.29, 0.717) is 5.02 Å². The molecule has 4 nitrogen and oxygen atoms in total. The van der Waals surface area contributed by atoms with Gasteiger partial charge in [0.05, 0.1) is 30.6 Å². The lowest BCUT2D eigenvalue weighted by Crippen LogP contribution is -2.19. The summed E-state index contributed by atoms with van der Waals surface area (Å²) in [7, 11) is 3.40. The van der Waals surface area contributed by atoms with Gasteiger partial charge in [0, 0.05) is 17.0 Å². The van der Waals surface area contributed by atoms with Crippen LogP contribution in [0.25, 0.3) is 11.3 Å². The van der Waals surface area contributed by atoms with Gasteiger partial charge < -0.3 is 14.4 Å². The number of halogens is 2. The number of hydrogen-bond donors (Lipinski definition) is 0.